The van der Waals surface area contributed by atoms with Gasteiger partial charge in [0.25, 0.3) is 23.4 Å². The van der Waals surface area contributed by atoms with Crippen LogP contribution in [0.5, 0.6) is 17.2 Å². The third kappa shape index (κ3) is 22.8. The van der Waals surface area contributed by atoms with Gasteiger partial charge in [-0.3, -0.25) is 38.5 Å². The molecule has 27 nitrogen and oxygen atoms in total. The Bertz CT molecular complexity index is 4430. The van der Waals surface area contributed by atoms with E-state index in [2.05, 4.69) is 137 Å². The largest absolute Gasteiger partial charge is 0.504 e. The van der Waals surface area contributed by atoms with E-state index in [9.17, 15) is 39.8 Å². The van der Waals surface area contributed by atoms with Gasteiger partial charge in [-0.05, 0) is 96.2 Å². The maximum atomic E-state index is 12.3. The number of nitrogens with one attached hydrogen (secondary N) is 3. The molecule has 0 spiro atoms. The fourth-order valence-corrected chi connectivity index (χ4v) is 9.99. The molecule has 6 aromatic carbocycles. The molecule has 0 fully saturated rings. The molecule has 0 radical (unpaired) electrons. The lowest BCUT2D eigenvalue weighted by molar-refractivity contribution is -0.384. The first-order valence-corrected chi connectivity index (χ1v) is 31.4. The number of nitro benzene ring substituents is 1. The van der Waals surface area contributed by atoms with Crippen LogP contribution in [0, 0.1) is 10.1 Å². The first-order chi connectivity index (χ1) is 47.4. The van der Waals surface area contributed by atoms with Crippen LogP contribution in [0.1, 0.15) is 148 Å². The van der Waals surface area contributed by atoms with Crippen molar-refractivity contribution in [3.05, 3.63) is 216 Å². The van der Waals surface area contributed by atoms with Crippen molar-refractivity contribution in [3.8, 4) is 51.0 Å². The summed E-state index contributed by atoms with van der Waals surface area (Å²) in [4.78, 5) is 95.9. The summed E-state index contributed by atoms with van der Waals surface area (Å²) in [5, 5.41) is 69.1. The summed E-state index contributed by atoms with van der Waals surface area (Å²) in [5.41, 5.74) is 17.9. The smallest absolute Gasteiger partial charge is 0.373 e. The minimum Gasteiger partial charge on any atom is -0.504 e. The zero-order valence-electron chi connectivity index (χ0n) is 57.9. The van der Waals surface area contributed by atoms with Gasteiger partial charge in [-0.25, -0.2) is 16.3 Å². The van der Waals surface area contributed by atoms with Crippen LogP contribution in [0.3, 0.4) is 0 Å². The first kappa shape index (κ1) is 81.5. The topological polar surface area (TPSA) is 384 Å². The van der Waals surface area contributed by atoms with Crippen LogP contribution < -0.4 is 16.3 Å². The highest BCUT2D eigenvalue weighted by Gasteiger charge is 2.25. The molecule has 0 aliphatic heterocycles. The molecular weight excluding hydrogens is 1390 g/mol. The summed E-state index contributed by atoms with van der Waals surface area (Å²) >= 11 is 9.26. The number of amides is 3. The second-order valence-corrected chi connectivity index (χ2v) is 26.3. The molecule has 0 atom stereocenters. The molecule has 0 bridgehead atoms. The maximum absolute atomic E-state index is 12.3. The number of rotatable bonds is 13. The van der Waals surface area contributed by atoms with E-state index in [1.165, 1.54) is 34.9 Å². The average molecular weight is 1460 g/mol. The van der Waals surface area contributed by atoms with Crippen LogP contribution in [0.2, 0.25) is 5.02 Å². The van der Waals surface area contributed by atoms with Gasteiger partial charge in [0.15, 0.2) is 34.3 Å². The Morgan fingerprint density at radius 2 is 0.733 bits per heavy atom. The number of carbonyl (C=O) groups excluding carboxylic acids is 9. The SMILES string of the molecule is C/C(=N\NC(=O)c1cccc(Br)c1)c1nn(C)c(-c2ccc(C(C)(C)C)cc2)c1O.C/C(=N\NC(=O)c1cccc(Cl)c1)c1nn(C)c(-c2ccc(C(C)(C)C)cc2)c1O.C/C(=N\NC(=O)c1cccc([N+](=O)[O-])c1)c1nn(C)c(-c2ccc(C(C)(C)C)cc2)c1O.O=C=O.O=C=O.O=C=O. The molecule has 6 N–H and O–H groups in total. The van der Waals surface area contributed by atoms with Crippen LogP contribution in [-0.2, 0) is 66.2 Å². The number of hydrogen-bond donors (Lipinski definition) is 6. The third-order valence-corrected chi connectivity index (χ3v) is 15.4. The summed E-state index contributed by atoms with van der Waals surface area (Å²) in [6, 6.07) is 42.9. The van der Waals surface area contributed by atoms with E-state index in [-0.39, 0.29) is 80.5 Å². The molecule has 3 amide bonds. The van der Waals surface area contributed by atoms with Gasteiger partial charge in [0.2, 0.25) is 0 Å². The van der Waals surface area contributed by atoms with Gasteiger partial charge in [-0.1, -0.05) is 181 Å². The van der Waals surface area contributed by atoms with E-state index in [0.29, 0.717) is 56.0 Å². The highest BCUT2D eigenvalue weighted by Crippen LogP contribution is 2.37. The summed E-state index contributed by atoms with van der Waals surface area (Å²) in [6.45, 7) is 24.3. The highest BCUT2D eigenvalue weighted by atomic mass is 79.9. The quantitative estimate of drug-likeness (QED) is 0.0355. The van der Waals surface area contributed by atoms with Crippen molar-refractivity contribution in [1.29, 1.82) is 0 Å². The maximum Gasteiger partial charge on any atom is 0.373 e. The summed E-state index contributed by atoms with van der Waals surface area (Å²) in [5.74, 6) is -1.36. The lowest BCUT2D eigenvalue weighted by atomic mass is 9.86. The average Bonchev–Trinajstić information content (AvgIpc) is 1.63. The third-order valence-electron chi connectivity index (χ3n) is 14.6. The van der Waals surface area contributed by atoms with Crippen LogP contribution in [-0.4, -0.2) is 103 Å². The van der Waals surface area contributed by atoms with Crippen molar-refractivity contribution in [2.75, 3.05) is 0 Å². The Labute approximate surface area is 594 Å². The van der Waals surface area contributed by atoms with Gasteiger partial charge in [-0.2, -0.15) is 59.4 Å². The number of hydrazone groups is 3. The number of carbonyl (C=O) groups is 3. The fourth-order valence-electron chi connectivity index (χ4n) is 9.40. The monoisotopic (exact) mass is 1460 g/mol. The molecule has 0 aliphatic rings. The normalized spacial score (nSPS) is 11.2. The van der Waals surface area contributed by atoms with Crippen molar-refractivity contribution >= 4 is 86.5 Å². The summed E-state index contributed by atoms with van der Waals surface area (Å²) in [7, 11) is 5.24. The summed E-state index contributed by atoms with van der Waals surface area (Å²) in [6.07, 6.45) is 0.750. The molecule has 526 valence electrons. The van der Waals surface area contributed by atoms with E-state index in [1.807, 2.05) is 66.7 Å². The molecule has 9 rings (SSSR count). The molecule has 0 aliphatic carbocycles. The standard InChI is InChI=1S/C23H25BrN4O2.C23H25ClN4O2.C23H25N5O4.3CO2/c2*1-14(25-26-22(30)16-7-6-8-18(24)13-16)19-21(29)20(28(5)27-19)15-9-11-17(12-10-15)23(2,3)4;1-14(24-25-22(30)16-7-6-8-18(13-16)28(31)32)19-21(29)20(27(5)26-19)15-9-11-17(12-10-15)23(2,3)4;3*2-1-3/h2*6-13,29H,1-5H3,(H,26,30);6-13,29H,1-5H3,(H,25,30);;;/b2*25-14+;24-14+;;;. The van der Waals surface area contributed by atoms with Gasteiger partial charge in [0.1, 0.15) is 17.1 Å². The van der Waals surface area contributed by atoms with Crippen molar-refractivity contribution < 1.29 is 63.4 Å². The van der Waals surface area contributed by atoms with Gasteiger partial charge in [-0.15, -0.1) is 0 Å². The molecule has 3 heterocycles. The van der Waals surface area contributed by atoms with E-state index < -0.39 is 16.7 Å². The second-order valence-electron chi connectivity index (χ2n) is 25.0. The van der Waals surface area contributed by atoms with Crippen molar-refractivity contribution in [3.63, 3.8) is 0 Å². The molecule has 0 saturated heterocycles. The lowest BCUT2D eigenvalue weighted by Crippen LogP contribution is -2.19. The van der Waals surface area contributed by atoms with Gasteiger partial charge in [0, 0.05) is 76.2 Å². The minimum atomic E-state index is -0.610. The van der Waals surface area contributed by atoms with Crippen LogP contribution in [0.15, 0.2) is 165 Å². The number of hydrogen-bond acceptors (Lipinski definition) is 20. The Kier molecular flexibility index (Phi) is 29.5. The van der Waals surface area contributed by atoms with E-state index in [4.69, 9.17) is 40.4 Å². The van der Waals surface area contributed by atoms with Crippen LogP contribution >= 0.6 is 27.5 Å². The van der Waals surface area contributed by atoms with Gasteiger partial charge in [0.05, 0.1) is 22.1 Å². The number of aromatic nitrogens is 6. The Hall–Kier alpha value is -11.9. The van der Waals surface area contributed by atoms with Gasteiger partial charge >= 0.3 is 18.5 Å². The number of aromatic hydroxyl groups is 3. The number of nitro groups is 1. The molecule has 9 aromatic rings. The Balaban J connectivity index is 0.000000303. The first-order valence-electron chi connectivity index (χ1n) is 30.3. The molecule has 101 heavy (non-hydrogen) atoms. The number of benzene rings is 6. The van der Waals surface area contributed by atoms with Crippen LogP contribution in [0.4, 0.5) is 5.69 Å². The van der Waals surface area contributed by atoms with Crippen molar-refractivity contribution in [1.82, 2.24) is 45.6 Å². The molecular formula is C72H75BrClN13O14. The van der Waals surface area contributed by atoms with Gasteiger partial charge < -0.3 is 15.3 Å². The summed E-state index contributed by atoms with van der Waals surface area (Å²) < 4.78 is 5.58. The molecule has 0 unspecified atom stereocenters. The lowest BCUT2D eigenvalue weighted by Gasteiger charge is -2.19. The van der Waals surface area contributed by atoms with Crippen molar-refractivity contribution in [2.24, 2.45) is 36.4 Å². The van der Waals surface area contributed by atoms with Crippen molar-refractivity contribution in [2.45, 2.75) is 99.3 Å². The molecule has 3 aromatic heterocycles. The number of non-ortho nitro benzene ring substituents is 1. The van der Waals surface area contributed by atoms with Crippen LogP contribution in [0.25, 0.3) is 33.8 Å². The van der Waals surface area contributed by atoms with E-state index in [1.54, 1.807) is 98.4 Å². The minimum absolute atomic E-state index is 0.0127. The second kappa shape index (κ2) is 36.6. The number of aryl methyl sites for hydroxylation is 3. The molecule has 29 heteroatoms. The van der Waals surface area contributed by atoms with E-state index >= 15 is 0 Å². The van der Waals surface area contributed by atoms with E-state index in [0.717, 1.165) is 27.2 Å². The molecule has 0 saturated carbocycles. The number of halogens is 2. The predicted molar refractivity (Wildman–Crippen MR) is 380 cm³/mol. The zero-order valence-corrected chi connectivity index (χ0v) is 60.3. The predicted octanol–water partition coefficient (Wildman–Crippen LogP) is 12.3. The Morgan fingerprint density at radius 3 is 1.00 bits per heavy atom. The highest BCUT2D eigenvalue weighted by molar-refractivity contribution is 9.10. The Morgan fingerprint density at radius 1 is 0.465 bits per heavy atom. The zero-order chi connectivity index (χ0) is 75.9. The fraction of sp³-hybridized carbons (Fsp3) is 0.250. The number of nitrogens with zero attached hydrogens (tertiary/aromatic N) is 10.